The van der Waals surface area contributed by atoms with Crippen molar-refractivity contribution < 1.29 is 14.3 Å². The Morgan fingerprint density at radius 3 is 2.27 bits per heavy atom. The number of nitrogens with zero attached hydrogens (tertiary/aromatic N) is 3. The van der Waals surface area contributed by atoms with Crippen LogP contribution in [0.3, 0.4) is 0 Å². The fourth-order valence-corrected chi connectivity index (χ4v) is 3.49. The molecule has 1 unspecified atom stereocenters. The highest BCUT2D eigenvalue weighted by molar-refractivity contribution is 5.99. The standard InChI is InChI=1S/C26H28N4O3/c1-18-8-5-9-19(2)23(18)24(31)29-22(25(32)33-4)11-6-10-20-12-14-21(15-13-20)30(3)26-27-16-7-17-28-26/h5-10,12-17,22H,11H2,1-4H3,(H,29,31). The van der Waals surface area contributed by atoms with E-state index in [0.717, 1.165) is 22.4 Å². The summed E-state index contributed by atoms with van der Waals surface area (Å²) in [5.41, 5.74) is 4.21. The third kappa shape index (κ3) is 6.04. The van der Waals surface area contributed by atoms with E-state index in [1.807, 2.05) is 80.4 Å². The first-order chi connectivity index (χ1) is 15.9. The third-order valence-electron chi connectivity index (χ3n) is 5.31. The van der Waals surface area contributed by atoms with Crippen LogP contribution < -0.4 is 10.2 Å². The number of nitrogens with one attached hydrogen (secondary N) is 1. The van der Waals surface area contributed by atoms with Crippen LogP contribution in [-0.2, 0) is 9.53 Å². The first kappa shape index (κ1) is 23.7. The van der Waals surface area contributed by atoms with Gasteiger partial charge in [0.25, 0.3) is 5.91 Å². The summed E-state index contributed by atoms with van der Waals surface area (Å²) >= 11 is 0. The van der Waals surface area contributed by atoms with Crippen molar-refractivity contribution >= 4 is 29.6 Å². The van der Waals surface area contributed by atoms with Crippen LogP contribution >= 0.6 is 0 Å². The Kier molecular flexibility index (Phi) is 7.91. The lowest BCUT2D eigenvalue weighted by Gasteiger charge is -2.17. The number of esters is 1. The van der Waals surface area contributed by atoms with E-state index in [-0.39, 0.29) is 5.91 Å². The maximum atomic E-state index is 12.8. The molecule has 1 heterocycles. The van der Waals surface area contributed by atoms with Gasteiger partial charge < -0.3 is 15.0 Å². The topological polar surface area (TPSA) is 84.4 Å². The number of aryl methyl sites for hydroxylation is 2. The number of hydrogen-bond acceptors (Lipinski definition) is 6. The fourth-order valence-electron chi connectivity index (χ4n) is 3.49. The third-order valence-corrected chi connectivity index (χ3v) is 5.31. The normalized spacial score (nSPS) is 11.8. The quantitative estimate of drug-likeness (QED) is 0.523. The van der Waals surface area contributed by atoms with E-state index in [2.05, 4.69) is 15.3 Å². The van der Waals surface area contributed by atoms with Crippen LogP contribution in [0.1, 0.15) is 33.5 Å². The Bertz CT molecular complexity index is 1110. The van der Waals surface area contributed by atoms with Crippen molar-refractivity contribution in [2.75, 3.05) is 19.1 Å². The van der Waals surface area contributed by atoms with Crippen LogP contribution in [0.25, 0.3) is 6.08 Å². The van der Waals surface area contributed by atoms with Crippen molar-refractivity contribution in [2.24, 2.45) is 0 Å². The van der Waals surface area contributed by atoms with Crippen molar-refractivity contribution in [3.05, 3.63) is 89.3 Å². The monoisotopic (exact) mass is 444 g/mol. The van der Waals surface area contributed by atoms with E-state index >= 15 is 0 Å². The van der Waals surface area contributed by atoms with Crippen LogP contribution in [0.5, 0.6) is 0 Å². The SMILES string of the molecule is COC(=O)C(CC=Cc1ccc(N(C)c2ncccn2)cc1)NC(=O)c1c(C)cccc1C. The van der Waals surface area contributed by atoms with E-state index in [4.69, 9.17) is 4.74 Å². The molecule has 0 aliphatic heterocycles. The number of hydrogen-bond donors (Lipinski definition) is 1. The molecular formula is C26H28N4O3. The molecule has 0 bridgehead atoms. The Morgan fingerprint density at radius 1 is 1.03 bits per heavy atom. The lowest BCUT2D eigenvalue weighted by atomic mass is 10.0. The number of rotatable bonds is 8. The highest BCUT2D eigenvalue weighted by atomic mass is 16.5. The van der Waals surface area contributed by atoms with Crippen LogP contribution in [0.2, 0.25) is 0 Å². The van der Waals surface area contributed by atoms with E-state index < -0.39 is 12.0 Å². The summed E-state index contributed by atoms with van der Waals surface area (Å²) in [6, 6.07) is 14.5. The summed E-state index contributed by atoms with van der Waals surface area (Å²) in [5, 5.41) is 2.81. The van der Waals surface area contributed by atoms with E-state index in [9.17, 15) is 9.59 Å². The molecule has 1 atom stereocenters. The zero-order valence-electron chi connectivity index (χ0n) is 19.3. The lowest BCUT2D eigenvalue weighted by Crippen LogP contribution is -2.41. The number of anilines is 2. The largest absolute Gasteiger partial charge is 0.467 e. The molecule has 1 aromatic heterocycles. The molecule has 7 nitrogen and oxygen atoms in total. The van der Waals surface area contributed by atoms with Crippen LogP contribution in [0, 0.1) is 13.8 Å². The Labute approximate surface area is 194 Å². The Hall–Kier alpha value is -4.00. The predicted octanol–water partition coefficient (Wildman–Crippen LogP) is 4.24. The molecule has 0 fully saturated rings. The second-order valence-corrected chi connectivity index (χ2v) is 7.65. The van der Waals surface area contributed by atoms with Gasteiger partial charge in [0.1, 0.15) is 6.04 Å². The number of methoxy groups -OCH3 is 1. The highest BCUT2D eigenvalue weighted by Gasteiger charge is 2.22. The molecule has 2 aromatic carbocycles. The van der Waals surface area contributed by atoms with Gasteiger partial charge in [-0.2, -0.15) is 0 Å². The zero-order valence-corrected chi connectivity index (χ0v) is 19.3. The second-order valence-electron chi connectivity index (χ2n) is 7.65. The average molecular weight is 445 g/mol. The van der Waals surface area contributed by atoms with Gasteiger partial charge in [0, 0.05) is 30.7 Å². The van der Waals surface area contributed by atoms with Gasteiger partial charge in [0.15, 0.2) is 0 Å². The molecule has 33 heavy (non-hydrogen) atoms. The maximum absolute atomic E-state index is 12.8. The first-order valence-electron chi connectivity index (χ1n) is 10.6. The molecular weight excluding hydrogens is 416 g/mol. The van der Waals surface area contributed by atoms with Crippen LogP contribution in [0.4, 0.5) is 11.6 Å². The number of amides is 1. The van der Waals surface area contributed by atoms with Gasteiger partial charge >= 0.3 is 5.97 Å². The number of ether oxygens (including phenoxy) is 1. The molecule has 0 saturated carbocycles. The predicted molar refractivity (Wildman–Crippen MR) is 129 cm³/mol. The van der Waals surface area contributed by atoms with Crippen LogP contribution in [0.15, 0.2) is 67.0 Å². The van der Waals surface area contributed by atoms with Crippen molar-refractivity contribution in [2.45, 2.75) is 26.3 Å². The van der Waals surface area contributed by atoms with Crippen molar-refractivity contribution in [3.8, 4) is 0 Å². The van der Waals surface area contributed by atoms with Crippen molar-refractivity contribution in [3.63, 3.8) is 0 Å². The van der Waals surface area contributed by atoms with Gasteiger partial charge in [-0.1, -0.05) is 42.5 Å². The number of aromatic nitrogens is 2. The highest BCUT2D eigenvalue weighted by Crippen LogP contribution is 2.20. The molecule has 3 rings (SSSR count). The molecule has 3 aromatic rings. The molecule has 0 saturated heterocycles. The minimum absolute atomic E-state index is 0.287. The molecule has 0 spiro atoms. The lowest BCUT2D eigenvalue weighted by molar-refractivity contribution is -0.142. The molecule has 1 amide bonds. The maximum Gasteiger partial charge on any atom is 0.328 e. The van der Waals surface area contributed by atoms with E-state index in [0.29, 0.717) is 17.9 Å². The van der Waals surface area contributed by atoms with Gasteiger partial charge in [0.05, 0.1) is 7.11 Å². The smallest absolute Gasteiger partial charge is 0.328 e. The molecule has 0 aliphatic carbocycles. The molecule has 170 valence electrons. The Morgan fingerprint density at radius 2 is 1.67 bits per heavy atom. The average Bonchev–Trinajstić information content (AvgIpc) is 2.83. The minimum atomic E-state index is -0.779. The van der Waals surface area contributed by atoms with Gasteiger partial charge in [-0.15, -0.1) is 0 Å². The molecule has 7 heteroatoms. The number of benzene rings is 2. The summed E-state index contributed by atoms with van der Waals surface area (Å²) in [5.74, 6) is -0.162. The number of carbonyl (C=O) groups is 2. The van der Waals surface area contributed by atoms with Gasteiger partial charge in [0.2, 0.25) is 5.95 Å². The van der Waals surface area contributed by atoms with Crippen LogP contribution in [-0.4, -0.2) is 42.0 Å². The molecule has 0 aliphatic rings. The van der Waals surface area contributed by atoms with Crippen molar-refractivity contribution in [1.82, 2.24) is 15.3 Å². The summed E-state index contributed by atoms with van der Waals surface area (Å²) < 4.78 is 4.89. The first-order valence-corrected chi connectivity index (χ1v) is 10.6. The fraction of sp³-hybridized carbons (Fsp3) is 0.231. The molecule has 0 radical (unpaired) electrons. The molecule has 1 N–H and O–H groups in total. The van der Waals surface area contributed by atoms with Gasteiger partial charge in [-0.05, 0) is 55.2 Å². The van der Waals surface area contributed by atoms with Gasteiger partial charge in [-0.25, -0.2) is 14.8 Å². The zero-order chi connectivity index (χ0) is 23.8. The van der Waals surface area contributed by atoms with Gasteiger partial charge in [-0.3, -0.25) is 4.79 Å². The second kappa shape index (κ2) is 11.0. The number of carbonyl (C=O) groups excluding carboxylic acids is 2. The van der Waals surface area contributed by atoms with E-state index in [1.54, 1.807) is 18.5 Å². The summed E-state index contributed by atoms with van der Waals surface area (Å²) in [6.45, 7) is 3.75. The summed E-state index contributed by atoms with van der Waals surface area (Å²) in [7, 11) is 3.22. The van der Waals surface area contributed by atoms with E-state index in [1.165, 1.54) is 7.11 Å². The minimum Gasteiger partial charge on any atom is -0.467 e. The summed E-state index contributed by atoms with van der Waals surface area (Å²) in [4.78, 5) is 35.5. The summed E-state index contributed by atoms with van der Waals surface area (Å²) in [6.07, 6.45) is 7.47. The van der Waals surface area contributed by atoms with Crippen molar-refractivity contribution in [1.29, 1.82) is 0 Å². The Balaban J connectivity index is 1.66.